The Morgan fingerprint density at radius 2 is 1.84 bits per heavy atom. The number of pyridine rings is 2. The summed E-state index contributed by atoms with van der Waals surface area (Å²) in [6, 6.07) is 6.97. The van der Waals surface area contributed by atoms with Gasteiger partial charge in [0, 0.05) is 6.20 Å². The number of nitrogens with two attached hydrogens (primary N) is 1. The number of hydrogen-bond donors (Lipinski definition) is 1. The summed E-state index contributed by atoms with van der Waals surface area (Å²) in [4.78, 5) is 13.8. The molecule has 0 spiro atoms. The van der Waals surface area contributed by atoms with Crippen molar-refractivity contribution in [1.82, 2.24) is 34.7 Å². The van der Waals surface area contributed by atoms with Crippen LogP contribution in [0.4, 0.5) is 14.6 Å². The topological polar surface area (TPSA) is 110 Å². The Kier molecular flexibility index (Phi) is 5.19. The molecule has 0 unspecified atom stereocenters. The molecule has 0 saturated heterocycles. The van der Waals surface area contributed by atoms with Crippen LogP contribution in [0.2, 0.25) is 18.1 Å². The summed E-state index contributed by atoms with van der Waals surface area (Å²) in [5.74, 6) is 0.777. The average molecular weight is 459 g/mol. The maximum Gasteiger partial charge on any atom is 0.348 e. The summed E-state index contributed by atoms with van der Waals surface area (Å²) in [5.41, 5.74) is 8.31. The lowest BCUT2D eigenvalue weighted by Crippen LogP contribution is -2.48. The van der Waals surface area contributed by atoms with Crippen molar-refractivity contribution < 1.29 is 13.3 Å². The molecule has 0 bridgehead atoms. The van der Waals surface area contributed by atoms with E-state index in [1.165, 1.54) is 6.20 Å². The number of nitrogen functional groups attached to an aromatic ring is 1. The van der Waals surface area contributed by atoms with Crippen LogP contribution in [0, 0.1) is 0 Å². The van der Waals surface area contributed by atoms with Crippen LogP contribution in [0.1, 0.15) is 27.3 Å². The van der Waals surface area contributed by atoms with Crippen LogP contribution >= 0.6 is 0 Å². The van der Waals surface area contributed by atoms with E-state index in [1.807, 2.05) is 6.07 Å². The predicted octanol–water partition coefficient (Wildman–Crippen LogP) is 4.16. The Morgan fingerprint density at radius 3 is 2.47 bits per heavy atom. The first-order valence-electron chi connectivity index (χ1n) is 9.98. The van der Waals surface area contributed by atoms with E-state index in [-0.39, 0.29) is 10.7 Å². The van der Waals surface area contributed by atoms with Crippen molar-refractivity contribution in [3.05, 3.63) is 36.7 Å². The number of aromatic nitrogens is 7. The van der Waals surface area contributed by atoms with Crippen molar-refractivity contribution in [2.75, 3.05) is 5.73 Å². The van der Waals surface area contributed by atoms with Crippen LogP contribution in [0.5, 0.6) is 0 Å². The molecule has 0 aliphatic heterocycles. The zero-order chi connectivity index (χ0) is 23.3. The number of alkyl halides is 2. The highest BCUT2D eigenvalue weighted by atomic mass is 28.4. The van der Waals surface area contributed by atoms with Gasteiger partial charge in [-0.15, -0.1) is 9.90 Å². The Labute approximate surface area is 184 Å². The maximum absolute atomic E-state index is 12.9. The van der Waals surface area contributed by atoms with E-state index in [1.54, 1.807) is 29.1 Å². The second-order valence-corrected chi connectivity index (χ2v) is 13.6. The van der Waals surface area contributed by atoms with Gasteiger partial charge in [-0.25, -0.2) is 15.0 Å². The molecular weight excluding hydrogens is 434 g/mol. The van der Waals surface area contributed by atoms with E-state index in [0.717, 1.165) is 0 Å². The molecule has 168 valence electrons. The molecule has 0 aliphatic rings. The first kappa shape index (κ1) is 21.8. The molecular formula is C20H24F2N8OSi. The third-order valence-electron chi connectivity index (χ3n) is 5.62. The molecule has 4 aromatic heterocycles. The van der Waals surface area contributed by atoms with E-state index >= 15 is 0 Å². The van der Waals surface area contributed by atoms with E-state index in [0.29, 0.717) is 38.9 Å². The summed E-state index contributed by atoms with van der Waals surface area (Å²) in [6.07, 6.45) is 2.85. The molecule has 32 heavy (non-hydrogen) atoms. The monoisotopic (exact) mass is 458 g/mol. The fourth-order valence-corrected chi connectivity index (χ4v) is 3.70. The van der Waals surface area contributed by atoms with Gasteiger partial charge in [-0.3, -0.25) is 0 Å². The molecule has 0 aromatic carbocycles. The van der Waals surface area contributed by atoms with Gasteiger partial charge in [0.05, 0.1) is 17.5 Å². The molecule has 0 saturated carbocycles. The summed E-state index contributed by atoms with van der Waals surface area (Å²) in [6.45, 7) is 7.74. The third kappa shape index (κ3) is 3.81. The van der Waals surface area contributed by atoms with Gasteiger partial charge in [0.25, 0.3) is 8.32 Å². The summed E-state index contributed by atoms with van der Waals surface area (Å²) >= 11 is 0. The largest absolute Gasteiger partial charge is 0.466 e. The lowest BCUT2D eigenvalue weighted by molar-refractivity contribution is 0.0415. The highest BCUT2D eigenvalue weighted by Gasteiger charge is 2.41. The van der Waals surface area contributed by atoms with Gasteiger partial charge in [0.2, 0.25) is 0 Å². The Morgan fingerprint density at radius 1 is 1.09 bits per heavy atom. The summed E-state index contributed by atoms with van der Waals surface area (Å²) in [5, 5.41) is 7.31. The number of nitrogens with zero attached hydrogens (tertiary/aromatic N) is 7. The van der Waals surface area contributed by atoms with E-state index < -0.39 is 14.9 Å². The minimum atomic E-state index is -2.83. The summed E-state index contributed by atoms with van der Waals surface area (Å²) < 4.78 is 34.0. The lowest BCUT2D eigenvalue weighted by atomic mass is 10.2. The van der Waals surface area contributed by atoms with Crippen LogP contribution in [0.25, 0.3) is 33.9 Å². The van der Waals surface area contributed by atoms with Gasteiger partial charge in [-0.05, 0) is 42.4 Å². The highest BCUT2D eigenvalue weighted by Crippen LogP contribution is 2.37. The standard InChI is InChI=1S/C20H24F2N8OSi/c1-20(2,3)32(4,5)31-29-17(12-7-6-10-24-16(12)23)27-14-9-8-13(26-18(14)29)15-11-25-30(28-15)19(21)22/h6-11,19H,1-5H3,(H2,23,24). The molecule has 4 heterocycles. The minimum absolute atomic E-state index is 0.0983. The predicted molar refractivity (Wildman–Crippen MR) is 119 cm³/mol. The molecule has 2 N–H and O–H groups in total. The number of imidazole rings is 1. The van der Waals surface area contributed by atoms with Crippen molar-refractivity contribution in [3.63, 3.8) is 0 Å². The number of rotatable bonds is 5. The van der Waals surface area contributed by atoms with Crippen molar-refractivity contribution in [2.45, 2.75) is 45.5 Å². The first-order chi connectivity index (χ1) is 15.0. The van der Waals surface area contributed by atoms with Crippen LogP contribution < -0.4 is 10.3 Å². The van der Waals surface area contributed by atoms with E-state index in [9.17, 15) is 8.78 Å². The molecule has 0 fully saturated rings. The molecule has 4 aromatic rings. The zero-order valence-corrected chi connectivity index (χ0v) is 19.4. The van der Waals surface area contributed by atoms with Crippen molar-refractivity contribution in [3.8, 4) is 22.8 Å². The van der Waals surface area contributed by atoms with Gasteiger partial charge >= 0.3 is 6.55 Å². The van der Waals surface area contributed by atoms with Gasteiger partial charge in [0.1, 0.15) is 17.0 Å². The van der Waals surface area contributed by atoms with Gasteiger partial charge in [0.15, 0.2) is 11.5 Å². The Hall–Kier alpha value is -3.41. The van der Waals surface area contributed by atoms with Crippen LogP contribution in [-0.2, 0) is 0 Å². The second kappa shape index (κ2) is 7.62. The van der Waals surface area contributed by atoms with Crippen LogP contribution in [0.15, 0.2) is 36.7 Å². The molecule has 4 rings (SSSR count). The first-order valence-corrected chi connectivity index (χ1v) is 12.9. The Balaban J connectivity index is 1.92. The molecule has 0 radical (unpaired) electrons. The molecule has 0 amide bonds. The Bertz CT molecular complexity index is 1280. The second-order valence-electron chi connectivity index (χ2n) is 8.88. The van der Waals surface area contributed by atoms with Crippen LogP contribution in [0.3, 0.4) is 0 Å². The van der Waals surface area contributed by atoms with Gasteiger partial charge < -0.3 is 10.3 Å². The fraction of sp³-hybridized carbons (Fsp3) is 0.350. The van der Waals surface area contributed by atoms with E-state index in [4.69, 9.17) is 15.2 Å². The number of fused-ring (bicyclic) bond motifs is 1. The highest BCUT2D eigenvalue weighted by molar-refractivity contribution is 6.74. The SMILES string of the molecule is CC(C)(C)[Si](C)(C)On1c(-c2cccnc2N)nc2ccc(-c3cnn(C(F)F)n3)nc21. The van der Waals surface area contributed by atoms with Gasteiger partial charge in [-0.1, -0.05) is 20.8 Å². The minimum Gasteiger partial charge on any atom is -0.466 e. The molecule has 9 nitrogen and oxygen atoms in total. The smallest absolute Gasteiger partial charge is 0.348 e. The van der Waals surface area contributed by atoms with Gasteiger partial charge in [-0.2, -0.15) is 18.6 Å². The number of anilines is 1. The van der Waals surface area contributed by atoms with Crippen molar-refractivity contribution in [1.29, 1.82) is 0 Å². The van der Waals surface area contributed by atoms with E-state index in [2.05, 4.69) is 54.0 Å². The average Bonchev–Trinajstić information content (AvgIpc) is 3.33. The normalized spacial score (nSPS) is 12.6. The number of halogens is 2. The van der Waals surface area contributed by atoms with Crippen LogP contribution in [-0.4, -0.2) is 43.0 Å². The van der Waals surface area contributed by atoms with Crippen molar-refractivity contribution >= 4 is 25.3 Å². The molecule has 0 atom stereocenters. The fourth-order valence-electron chi connectivity index (χ4n) is 2.80. The molecule has 0 aliphatic carbocycles. The lowest BCUT2D eigenvalue weighted by Gasteiger charge is -2.36. The summed E-state index contributed by atoms with van der Waals surface area (Å²) in [7, 11) is -2.33. The number of hydrogen-bond acceptors (Lipinski definition) is 7. The zero-order valence-electron chi connectivity index (χ0n) is 18.4. The third-order valence-corrected chi connectivity index (χ3v) is 9.87. The maximum atomic E-state index is 12.9. The quantitative estimate of drug-likeness (QED) is 0.447. The molecule has 12 heteroatoms. The van der Waals surface area contributed by atoms with Crippen molar-refractivity contribution in [2.24, 2.45) is 0 Å².